The molecule has 1 aliphatic heterocycles. The van der Waals surface area contributed by atoms with Crippen molar-refractivity contribution in [1.29, 1.82) is 5.26 Å². The highest BCUT2D eigenvalue weighted by Crippen LogP contribution is 2.28. The Morgan fingerprint density at radius 1 is 1.19 bits per heavy atom. The van der Waals surface area contributed by atoms with Gasteiger partial charge in [-0.25, -0.2) is 0 Å². The fourth-order valence-corrected chi connectivity index (χ4v) is 2.90. The van der Waals surface area contributed by atoms with Crippen LogP contribution in [0.25, 0.3) is 11.5 Å². The lowest BCUT2D eigenvalue weighted by Crippen LogP contribution is -2.39. The number of nitriles is 1. The molecule has 3 rings (SSSR count). The molecule has 1 aromatic heterocycles. The van der Waals surface area contributed by atoms with Gasteiger partial charge in [0.1, 0.15) is 6.07 Å². The molecule has 1 saturated heterocycles. The smallest absolute Gasteiger partial charge is 0.232 e. The molecule has 138 valence electrons. The zero-order valence-corrected chi connectivity index (χ0v) is 15.7. The van der Waals surface area contributed by atoms with Crippen LogP contribution in [0.4, 0.5) is 5.88 Å². The third-order valence-electron chi connectivity index (χ3n) is 4.55. The first kappa shape index (κ1) is 18.4. The summed E-state index contributed by atoms with van der Waals surface area (Å²) in [6, 6.07) is 10.3. The minimum Gasteiger partial charge on any atom is -0.419 e. The number of morpholine rings is 1. The second kappa shape index (κ2) is 7.90. The van der Waals surface area contributed by atoms with E-state index >= 15 is 0 Å². The third kappa shape index (κ3) is 4.43. The van der Waals surface area contributed by atoms with E-state index in [2.05, 4.69) is 54.2 Å². The average Bonchev–Trinajstić information content (AvgIpc) is 3.05. The zero-order valence-electron chi connectivity index (χ0n) is 15.7. The number of hydrogen-bond acceptors (Lipinski definition) is 6. The van der Waals surface area contributed by atoms with Crippen LogP contribution in [0.15, 0.2) is 28.7 Å². The van der Waals surface area contributed by atoms with Gasteiger partial charge in [-0.2, -0.15) is 10.2 Å². The third-order valence-corrected chi connectivity index (χ3v) is 4.55. The number of anilines is 1. The number of rotatable bonds is 5. The summed E-state index contributed by atoms with van der Waals surface area (Å²) in [6.45, 7) is 11.5. The number of aromatic nitrogens is 1. The van der Waals surface area contributed by atoms with Crippen LogP contribution in [0.1, 0.15) is 32.0 Å². The van der Waals surface area contributed by atoms with Crippen LogP contribution in [0.3, 0.4) is 0 Å². The quantitative estimate of drug-likeness (QED) is 0.888. The van der Waals surface area contributed by atoms with Gasteiger partial charge in [0.05, 0.1) is 13.2 Å². The normalized spacial score (nSPS) is 15.6. The number of ether oxygens (including phenoxy) is 1. The van der Waals surface area contributed by atoms with Gasteiger partial charge in [-0.1, -0.05) is 32.9 Å². The average molecular weight is 354 g/mol. The summed E-state index contributed by atoms with van der Waals surface area (Å²) < 4.78 is 11.2. The van der Waals surface area contributed by atoms with Crippen LogP contribution in [0, 0.1) is 11.3 Å². The molecule has 6 nitrogen and oxygen atoms in total. The molecular weight excluding hydrogens is 328 g/mol. The second-order valence-electron chi connectivity index (χ2n) is 7.52. The lowest BCUT2D eigenvalue weighted by Gasteiger charge is -2.26. The molecule has 0 amide bonds. The molecular formula is C20H26N4O2. The highest BCUT2D eigenvalue weighted by Gasteiger charge is 2.17. The first-order valence-electron chi connectivity index (χ1n) is 9.03. The Kier molecular flexibility index (Phi) is 5.60. The minimum absolute atomic E-state index is 0.0964. The summed E-state index contributed by atoms with van der Waals surface area (Å²) in [5.41, 5.74) is 2.51. The van der Waals surface area contributed by atoms with E-state index in [0.29, 0.717) is 24.0 Å². The first-order valence-corrected chi connectivity index (χ1v) is 9.03. The second-order valence-corrected chi connectivity index (χ2v) is 7.52. The fourth-order valence-electron chi connectivity index (χ4n) is 2.90. The van der Waals surface area contributed by atoms with Crippen LogP contribution in [0.5, 0.6) is 0 Å². The molecule has 1 aliphatic rings. The molecule has 0 atom stereocenters. The Hall–Kier alpha value is -2.36. The topological polar surface area (TPSA) is 74.3 Å². The molecule has 0 saturated carbocycles. The Morgan fingerprint density at radius 3 is 2.50 bits per heavy atom. The van der Waals surface area contributed by atoms with Crippen LogP contribution >= 0.6 is 0 Å². The molecule has 0 radical (unpaired) electrons. The van der Waals surface area contributed by atoms with E-state index in [9.17, 15) is 5.26 Å². The number of nitrogens with one attached hydrogen (secondary N) is 1. The summed E-state index contributed by atoms with van der Waals surface area (Å²) in [6.07, 6.45) is 0. The highest BCUT2D eigenvalue weighted by molar-refractivity contribution is 5.59. The van der Waals surface area contributed by atoms with Crippen molar-refractivity contribution < 1.29 is 9.15 Å². The van der Waals surface area contributed by atoms with Gasteiger partial charge < -0.3 is 14.5 Å². The number of nitrogens with zero attached hydrogens (tertiary/aromatic N) is 3. The molecule has 26 heavy (non-hydrogen) atoms. The Morgan fingerprint density at radius 2 is 1.88 bits per heavy atom. The van der Waals surface area contributed by atoms with Gasteiger partial charge in [-0.15, -0.1) is 0 Å². The molecule has 0 spiro atoms. The van der Waals surface area contributed by atoms with Crippen molar-refractivity contribution in [3.8, 4) is 17.5 Å². The van der Waals surface area contributed by atoms with Crippen molar-refractivity contribution in [2.45, 2.75) is 26.2 Å². The van der Waals surface area contributed by atoms with Crippen LogP contribution in [-0.2, 0) is 10.2 Å². The monoisotopic (exact) mass is 354 g/mol. The molecule has 6 heteroatoms. The van der Waals surface area contributed by atoms with Crippen molar-refractivity contribution >= 4 is 5.88 Å². The van der Waals surface area contributed by atoms with Crippen LogP contribution in [-0.4, -0.2) is 49.3 Å². The summed E-state index contributed by atoms with van der Waals surface area (Å²) in [7, 11) is 0. The lowest BCUT2D eigenvalue weighted by molar-refractivity contribution is 0.0398. The Bertz CT molecular complexity index is 763. The van der Waals surface area contributed by atoms with Crippen molar-refractivity contribution in [2.24, 2.45) is 0 Å². The predicted molar refractivity (Wildman–Crippen MR) is 101 cm³/mol. The standard InChI is InChI=1S/C20H26N4O2/c1-20(2,3)16-6-4-15(5-7-16)18-23-17(14-21)19(26-18)22-8-9-24-10-12-25-13-11-24/h4-7,22H,8-13H2,1-3H3. The molecule has 0 unspecified atom stereocenters. The zero-order chi connectivity index (χ0) is 18.6. The van der Waals surface area contributed by atoms with E-state index in [4.69, 9.17) is 9.15 Å². The molecule has 0 bridgehead atoms. The summed E-state index contributed by atoms with van der Waals surface area (Å²) in [4.78, 5) is 6.66. The van der Waals surface area contributed by atoms with Crippen LogP contribution < -0.4 is 5.32 Å². The molecule has 2 heterocycles. The van der Waals surface area contributed by atoms with E-state index in [1.54, 1.807) is 0 Å². The van der Waals surface area contributed by atoms with Crippen molar-refractivity contribution in [3.05, 3.63) is 35.5 Å². The molecule has 2 aromatic rings. The lowest BCUT2D eigenvalue weighted by atomic mass is 9.87. The van der Waals surface area contributed by atoms with E-state index < -0.39 is 0 Å². The summed E-state index contributed by atoms with van der Waals surface area (Å²) in [5, 5.41) is 12.5. The van der Waals surface area contributed by atoms with Gasteiger partial charge in [0.2, 0.25) is 17.5 Å². The predicted octanol–water partition coefficient (Wildman–Crippen LogP) is 3.25. The highest BCUT2D eigenvalue weighted by atomic mass is 16.5. The fraction of sp³-hybridized carbons (Fsp3) is 0.500. The molecule has 1 fully saturated rings. The van der Waals surface area contributed by atoms with Gasteiger partial charge in [0, 0.05) is 31.7 Å². The van der Waals surface area contributed by atoms with Crippen molar-refractivity contribution in [3.63, 3.8) is 0 Å². The summed E-state index contributed by atoms with van der Waals surface area (Å²) >= 11 is 0. The maximum Gasteiger partial charge on any atom is 0.232 e. The maximum atomic E-state index is 9.34. The SMILES string of the molecule is CC(C)(C)c1ccc(-c2nc(C#N)c(NCCN3CCOCC3)o2)cc1. The minimum atomic E-state index is 0.0964. The largest absolute Gasteiger partial charge is 0.419 e. The van der Waals surface area contributed by atoms with Gasteiger partial charge in [0.25, 0.3) is 0 Å². The Labute approximate surface area is 154 Å². The number of benzene rings is 1. The van der Waals surface area contributed by atoms with Gasteiger partial charge in [0.15, 0.2) is 0 Å². The van der Waals surface area contributed by atoms with E-state index in [0.717, 1.165) is 38.4 Å². The van der Waals surface area contributed by atoms with Crippen molar-refractivity contribution in [2.75, 3.05) is 44.7 Å². The molecule has 0 aliphatic carbocycles. The van der Waals surface area contributed by atoms with Gasteiger partial charge >= 0.3 is 0 Å². The maximum absolute atomic E-state index is 9.34. The number of hydrogen-bond donors (Lipinski definition) is 1. The molecule has 1 N–H and O–H groups in total. The van der Waals surface area contributed by atoms with E-state index in [-0.39, 0.29) is 5.41 Å². The Balaban J connectivity index is 1.67. The van der Waals surface area contributed by atoms with Gasteiger partial charge in [-0.05, 0) is 23.1 Å². The molecule has 1 aromatic carbocycles. The first-order chi connectivity index (χ1) is 12.5. The van der Waals surface area contributed by atoms with E-state index in [1.807, 2.05) is 12.1 Å². The van der Waals surface area contributed by atoms with Crippen LogP contribution in [0.2, 0.25) is 0 Å². The van der Waals surface area contributed by atoms with Gasteiger partial charge in [-0.3, -0.25) is 4.90 Å². The van der Waals surface area contributed by atoms with E-state index in [1.165, 1.54) is 5.56 Å². The van der Waals surface area contributed by atoms with Crippen molar-refractivity contribution in [1.82, 2.24) is 9.88 Å². The number of oxazole rings is 1. The summed E-state index contributed by atoms with van der Waals surface area (Å²) in [5.74, 6) is 0.909.